The van der Waals surface area contributed by atoms with Gasteiger partial charge in [0.05, 0.1) is 0 Å². The average molecular weight is 408 g/mol. The third-order valence-corrected chi connectivity index (χ3v) is 4.16. The zero-order chi connectivity index (χ0) is 17.6. The number of carbonyl (C=O) groups is 1. The van der Waals surface area contributed by atoms with Crippen molar-refractivity contribution in [3.63, 3.8) is 0 Å². The molecule has 0 unspecified atom stereocenters. The first kappa shape index (κ1) is 18.6. The summed E-state index contributed by atoms with van der Waals surface area (Å²) in [6, 6.07) is 9.11. The predicted molar refractivity (Wildman–Crippen MR) is 86.8 cm³/mol. The van der Waals surface area contributed by atoms with Crippen LogP contribution in [0.2, 0.25) is 0 Å². The molecule has 1 aliphatic heterocycles. The highest BCUT2D eigenvalue weighted by Crippen LogP contribution is 2.21. The number of nitrogens with zero attached hydrogens (tertiary/aromatic N) is 2. The van der Waals surface area contributed by atoms with Crippen molar-refractivity contribution in [3.05, 3.63) is 35.9 Å². The zero-order valence-electron chi connectivity index (χ0n) is 12.7. The summed E-state index contributed by atoms with van der Waals surface area (Å²) in [6.45, 7) is 1.01. The molecule has 0 aliphatic carbocycles. The van der Waals surface area contributed by atoms with Gasteiger partial charge in [0, 0.05) is 19.1 Å². The highest BCUT2D eigenvalue weighted by Gasteiger charge is 2.34. The number of rotatable bonds is 4. The topological polar surface area (TPSA) is 53.9 Å². The minimum atomic E-state index is -4.51. The Hall–Kier alpha value is -1.77. The molecule has 2 rings (SSSR count). The number of alkyl halides is 3. The van der Waals surface area contributed by atoms with Crippen molar-refractivity contribution in [2.45, 2.75) is 31.7 Å². The molecule has 0 spiro atoms. The Balaban J connectivity index is 1.73. The van der Waals surface area contributed by atoms with E-state index in [9.17, 15) is 18.0 Å². The Morgan fingerprint density at radius 1 is 1.29 bits per heavy atom. The molecule has 24 heavy (non-hydrogen) atoms. The number of hydrogen-bond acceptors (Lipinski definition) is 4. The van der Waals surface area contributed by atoms with Crippen LogP contribution in [0.25, 0.3) is 0 Å². The molecule has 1 N–H and O–H groups in total. The van der Waals surface area contributed by atoms with Gasteiger partial charge in [-0.05, 0) is 34.3 Å². The maximum atomic E-state index is 12.3. The normalized spacial score (nSPS) is 16.8. The molecule has 1 saturated heterocycles. The standard InChI is InChI=1S/C15H17BrF3N3O2/c16-13(15(17,18)19)21-20-12-6-8-22(9-7-12)14(23)24-10-11-4-2-1-3-5-11/h1-5,12,20H,6-10H2. The number of nitrogens with one attached hydrogen (secondary N) is 1. The lowest BCUT2D eigenvalue weighted by atomic mass is 10.1. The lowest BCUT2D eigenvalue weighted by molar-refractivity contribution is -0.0555. The summed E-state index contributed by atoms with van der Waals surface area (Å²) in [7, 11) is 0. The van der Waals surface area contributed by atoms with Crippen LogP contribution < -0.4 is 5.43 Å². The lowest BCUT2D eigenvalue weighted by Gasteiger charge is -2.31. The molecule has 1 aromatic carbocycles. The van der Waals surface area contributed by atoms with E-state index in [1.54, 1.807) is 4.90 Å². The van der Waals surface area contributed by atoms with Crippen molar-refractivity contribution in [3.8, 4) is 0 Å². The van der Waals surface area contributed by atoms with Crippen molar-refractivity contribution in [1.29, 1.82) is 0 Å². The van der Waals surface area contributed by atoms with Gasteiger partial charge < -0.3 is 15.1 Å². The van der Waals surface area contributed by atoms with Crippen molar-refractivity contribution in [2.24, 2.45) is 5.10 Å². The SMILES string of the molecule is O=C(OCc1ccccc1)N1CCC(NN=C(Br)C(F)(F)F)CC1. The first-order chi connectivity index (χ1) is 11.4. The van der Waals surface area contributed by atoms with Gasteiger partial charge in [0.1, 0.15) is 6.61 Å². The summed E-state index contributed by atoms with van der Waals surface area (Å²) in [5.41, 5.74) is 3.38. The lowest BCUT2D eigenvalue weighted by Crippen LogP contribution is -2.44. The molecule has 9 heteroatoms. The quantitative estimate of drug-likeness (QED) is 0.612. The second kappa shape index (κ2) is 8.36. The summed E-state index contributed by atoms with van der Waals surface area (Å²) in [5.74, 6) is 0. The third kappa shape index (κ3) is 5.70. The minimum Gasteiger partial charge on any atom is -0.445 e. The van der Waals surface area contributed by atoms with Gasteiger partial charge in [0.2, 0.25) is 4.62 Å². The summed E-state index contributed by atoms with van der Waals surface area (Å²) in [5, 5.41) is 3.29. The van der Waals surface area contributed by atoms with Crippen molar-refractivity contribution < 1.29 is 22.7 Å². The van der Waals surface area contributed by atoms with E-state index < -0.39 is 16.9 Å². The monoisotopic (exact) mass is 407 g/mol. The first-order valence-electron chi connectivity index (χ1n) is 7.38. The maximum Gasteiger partial charge on any atom is 0.441 e. The van der Waals surface area contributed by atoms with E-state index in [0.717, 1.165) is 5.56 Å². The van der Waals surface area contributed by atoms with Crippen LogP contribution in [-0.4, -0.2) is 40.9 Å². The van der Waals surface area contributed by atoms with E-state index >= 15 is 0 Å². The molecule has 1 aromatic rings. The van der Waals surface area contributed by atoms with E-state index in [2.05, 4.69) is 26.5 Å². The van der Waals surface area contributed by atoms with Gasteiger partial charge in [-0.2, -0.15) is 18.3 Å². The van der Waals surface area contributed by atoms with Gasteiger partial charge >= 0.3 is 12.3 Å². The van der Waals surface area contributed by atoms with Crippen LogP contribution in [0.4, 0.5) is 18.0 Å². The predicted octanol–water partition coefficient (Wildman–Crippen LogP) is 3.65. The molecule has 5 nitrogen and oxygen atoms in total. The number of ether oxygens (including phenoxy) is 1. The van der Waals surface area contributed by atoms with Crippen molar-refractivity contribution >= 4 is 26.6 Å². The summed E-state index contributed by atoms with van der Waals surface area (Å²) in [4.78, 5) is 13.5. The number of halogens is 4. The van der Waals surface area contributed by atoms with Gasteiger partial charge in [-0.15, -0.1) is 0 Å². The van der Waals surface area contributed by atoms with Gasteiger partial charge in [-0.25, -0.2) is 4.79 Å². The Labute approximate surface area is 146 Å². The third-order valence-electron chi connectivity index (χ3n) is 3.54. The molecule has 1 aliphatic rings. The van der Waals surface area contributed by atoms with Crippen LogP contribution in [0.3, 0.4) is 0 Å². The minimum absolute atomic E-state index is 0.195. The van der Waals surface area contributed by atoms with Crippen LogP contribution >= 0.6 is 15.9 Å². The number of benzene rings is 1. The fourth-order valence-electron chi connectivity index (χ4n) is 2.21. The maximum absolute atomic E-state index is 12.3. The van der Waals surface area contributed by atoms with Crippen molar-refractivity contribution in [2.75, 3.05) is 13.1 Å². The van der Waals surface area contributed by atoms with E-state index in [1.807, 2.05) is 30.3 Å². The summed E-state index contributed by atoms with van der Waals surface area (Å²) >= 11 is 2.38. The molecular weight excluding hydrogens is 391 g/mol. The highest BCUT2D eigenvalue weighted by molar-refractivity contribution is 9.18. The van der Waals surface area contributed by atoms with E-state index in [1.165, 1.54) is 0 Å². The number of carbonyl (C=O) groups excluding carboxylic acids is 1. The van der Waals surface area contributed by atoms with Crippen LogP contribution in [0, 0.1) is 0 Å². The summed E-state index contributed by atoms with van der Waals surface area (Å²) < 4.78 is 41.1. The molecule has 0 saturated carbocycles. The molecule has 1 amide bonds. The van der Waals surface area contributed by atoms with Crippen molar-refractivity contribution in [1.82, 2.24) is 10.3 Å². The van der Waals surface area contributed by atoms with Crippen LogP contribution in [-0.2, 0) is 11.3 Å². The Bertz CT molecular complexity index is 573. The molecule has 0 radical (unpaired) electrons. The molecule has 0 atom stereocenters. The Morgan fingerprint density at radius 2 is 1.92 bits per heavy atom. The number of hydrogen-bond donors (Lipinski definition) is 1. The zero-order valence-corrected chi connectivity index (χ0v) is 14.3. The number of hydrazone groups is 1. The molecule has 1 heterocycles. The smallest absolute Gasteiger partial charge is 0.441 e. The highest BCUT2D eigenvalue weighted by atomic mass is 79.9. The Morgan fingerprint density at radius 3 is 2.50 bits per heavy atom. The van der Waals surface area contributed by atoms with Gasteiger partial charge in [-0.3, -0.25) is 0 Å². The number of amides is 1. The van der Waals surface area contributed by atoms with E-state index in [4.69, 9.17) is 4.74 Å². The molecule has 132 valence electrons. The van der Waals surface area contributed by atoms with E-state index in [-0.39, 0.29) is 12.6 Å². The fourth-order valence-corrected chi connectivity index (χ4v) is 2.32. The largest absolute Gasteiger partial charge is 0.445 e. The first-order valence-corrected chi connectivity index (χ1v) is 8.17. The van der Waals surface area contributed by atoms with Gasteiger partial charge in [0.15, 0.2) is 0 Å². The fraction of sp³-hybridized carbons (Fsp3) is 0.467. The molecule has 0 aromatic heterocycles. The number of likely N-dealkylation sites (tertiary alicyclic amines) is 1. The molecular formula is C15H17BrF3N3O2. The summed E-state index contributed by atoms with van der Waals surface area (Å²) in [6.07, 6.45) is -3.92. The van der Waals surface area contributed by atoms with Crippen LogP contribution in [0.1, 0.15) is 18.4 Å². The van der Waals surface area contributed by atoms with Gasteiger partial charge in [-0.1, -0.05) is 30.3 Å². The van der Waals surface area contributed by atoms with Gasteiger partial charge in [0.25, 0.3) is 0 Å². The average Bonchev–Trinajstić information content (AvgIpc) is 2.58. The van der Waals surface area contributed by atoms with Crippen LogP contribution in [0.5, 0.6) is 0 Å². The van der Waals surface area contributed by atoms with Crippen LogP contribution in [0.15, 0.2) is 35.4 Å². The number of piperidine rings is 1. The Kier molecular flexibility index (Phi) is 6.47. The second-order valence-electron chi connectivity index (χ2n) is 5.33. The van der Waals surface area contributed by atoms with E-state index in [0.29, 0.717) is 25.9 Å². The second-order valence-corrected chi connectivity index (χ2v) is 6.08. The molecule has 0 bridgehead atoms. The molecule has 1 fully saturated rings.